The first-order valence-electron chi connectivity index (χ1n) is 13.1. The van der Waals surface area contributed by atoms with E-state index in [-0.39, 0.29) is 29.0 Å². The van der Waals surface area contributed by atoms with Gasteiger partial charge in [-0.25, -0.2) is 8.42 Å². The van der Waals surface area contributed by atoms with Gasteiger partial charge in [-0.15, -0.1) is 0 Å². The summed E-state index contributed by atoms with van der Waals surface area (Å²) < 4.78 is 40.4. The van der Waals surface area contributed by atoms with E-state index in [1.165, 1.54) is 37.3 Å². The summed E-state index contributed by atoms with van der Waals surface area (Å²) in [6.45, 7) is 5.58. The van der Waals surface area contributed by atoms with Gasteiger partial charge < -0.3 is 19.7 Å². The fraction of sp³-hybridized carbons (Fsp3) is 0.333. The average Bonchev–Trinajstić information content (AvgIpc) is 2.96. The molecule has 220 valence electrons. The zero-order chi connectivity index (χ0) is 30.2. The molecule has 0 bridgehead atoms. The minimum atomic E-state index is -4.19. The third kappa shape index (κ3) is 8.23. The quantitative estimate of drug-likeness (QED) is 0.285. The Morgan fingerprint density at radius 2 is 1.59 bits per heavy atom. The number of ether oxygens (including phenoxy) is 2. The normalized spacial score (nSPS) is 12.0. The Morgan fingerprint density at radius 3 is 2.20 bits per heavy atom. The molecule has 0 aliphatic rings. The van der Waals surface area contributed by atoms with E-state index in [1.807, 2.05) is 38.1 Å². The maximum atomic E-state index is 14.0. The first-order valence-corrected chi connectivity index (χ1v) is 15.3. The van der Waals surface area contributed by atoms with E-state index in [2.05, 4.69) is 21.2 Å². The average molecular weight is 647 g/mol. The Hall–Kier alpha value is -3.57. The van der Waals surface area contributed by atoms with Crippen molar-refractivity contribution < 1.29 is 27.5 Å². The van der Waals surface area contributed by atoms with Crippen LogP contribution in [0.4, 0.5) is 5.69 Å². The molecule has 0 spiro atoms. The number of benzene rings is 3. The topological polar surface area (TPSA) is 105 Å². The SMILES string of the molecule is COc1ccc(N(CC(=O)N(Cc2cccc(Br)c2)C(C)C(=O)NCC(C)C)S(=O)(=O)c2ccccc2)cc1OC. The number of rotatable bonds is 13. The number of methoxy groups -OCH3 is 2. The zero-order valence-electron chi connectivity index (χ0n) is 23.8. The molecule has 3 aromatic rings. The molecule has 2 amide bonds. The molecule has 0 fully saturated rings. The Kier molecular flexibility index (Phi) is 11.2. The largest absolute Gasteiger partial charge is 0.493 e. The van der Waals surface area contributed by atoms with Gasteiger partial charge in [0.05, 0.1) is 24.8 Å². The molecule has 9 nitrogen and oxygen atoms in total. The standard InChI is InChI=1S/C30H36BrN3O6S/c1-21(2)18-32-30(36)22(3)33(19-23-10-9-11-24(31)16-23)29(35)20-34(41(37,38)26-12-7-6-8-13-26)25-14-15-27(39-4)28(17-25)40-5/h6-17,21-22H,18-20H2,1-5H3,(H,32,36). The predicted octanol–water partition coefficient (Wildman–Crippen LogP) is 4.85. The van der Waals surface area contributed by atoms with Crippen LogP contribution in [0.3, 0.4) is 0 Å². The second kappa shape index (κ2) is 14.4. The van der Waals surface area contributed by atoms with Crippen LogP contribution in [0.5, 0.6) is 11.5 Å². The van der Waals surface area contributed by atoms with Crippen molar-refractivity contribution in [2.45, 2.75) is 38.3 Å². The molecule has 1 atom stereocenters. The number of nitrogens with one attached hydrogen (secondary N) is 1. The van der Waals surface area contributed by atoms with Gasteiger partial charge in [0.2, 0.25) is 11.8 Å². The van der Waals surface area contributed by atoms with Gasteiger partial charge in [0, 0.05) is 23.6 Å². The maximum Gasteiger partial charge on any atom is 0.264 e. The molecule has 0 radical (unpaired) electrons. The third-order valence-corrected chi connectivity index (χ3v) is 8.64. The summed E-state index contributed by atoms with van der Waals surface area (Å²) in [5, 5.41) is 2.88. The van der Waals surface area contributed by atoms with E-state index in [0.29, 0.717) is 18.0 Å². The lowest BCUT2D eigenvalue weighted by Gasteiger charge is -2.32. The lowest BCUT2D eigenvalue weighted by molar-refractivity contribution is -0.139. The van der Waals surface area contributed by atoms with Gasteiger partial charge in [0.15, 0.2) is 11.5 Å². The molecule has 41 heavy (non-hydrogen) atoms. The second-order valence-corrected chi connectivity index (χ2v) is 12.6. The van der Waals surface area contributed by atoms with Crippen LogP contribution in [0.1, 0.15) is 26.3 Å². The van der Waals surface area contributed by atoms with E-state index in [0.717, 1.165) is 14.3 Å². The predicted molar refractivity (Wildman–Crippen MR) is 163 cm³/mol. The lowest BCUT2D eigenvalue weighted by Crippen LogP contribution is -2.51. The molecule has 1 N–H and O–H groups in total. The number of sulfonamides is 1. The summed E-state index contributed by atoms with van der Waals surface area (Å²) in [6.07, 6.45) is 0. The number of nitrogens with zero attached hydrogens (tertiary/aromatic N) is 2. The van der Waals surface area contributed by atoms with Crippen LogP contribution < -0.4 is 19.1 Å². The van der Waals surface area contributed by atoms with Crippen LogP contribution in [-0.2, 0) is 26.2 Å². The number of anilines is 1. The van der Waals surface area contributed by atoms with Crippen LogP contribution in [0.25, 0.3) is 0 Å². The van der Waals surface area contributed by atoms with Crippen LogP contribution in [-0.4, -0.2) is 58.5 Å². The van der Waals surface area contributed by atoms with Gasteiger partial charge in [-0.1, -0.05) is 60.1 Å². The Morgan fingerprint density at radius 1 is 0.902 bits per heavy atom. The van der Waals surface area contributed by atoms with E-state index in [1.54, 1.807) is 37.3 Å². The summed E-state index contributed by atoms with van der Waals surface area (Å²) >= 11 is 3.45. The summed E-state index contributed by atoms with van der Waals surface area (Å²) in [5.74, 6) is 0.0542. The highest BCUT2D eigenvalue weighted by molar-refractivity contribution is 9.10. The van der Waals surface area contributed by atoms with Crippen molar-refractivity contribution in [1.82, 2.24) is 10.2 Å². The molecule has 11 heteroatoms. The molecule has 0 aliphatic heterocycles. The minimum Gasteiger partial charge on any atom is -0.493 e. The number of halogens is 1. The van der Waals surface area contributed by atoms with Crippen molar-refractivity contribution >= 4 is 43.5 Å². The van der Waals surface area contributed by atoms with Gasteiger partial charge in [0.25, 0.3) is 10.0 Å². The van der Waals surface area contributed by atoms with Gasteiger partial charge >= 0.3 is 0 Å². The smallest absolute Gasteiger partial charge is 0.264 e. The van der Waals surface area contributed by atoms with Crippen molar-refractivity contribution in [2.24, 2.45) is 5.92 Å². The highest BCUT2D eigenvalue weighted by atomic mass is 79.9. The highest BCUT2D eigenvalue weighted by Crippen LogP contribution is 2.34. The molecule has 1 unspecified atom stereocenters. The second-order valence-electron chi connectivity index (χ2n) is 9.83. The lowest BCUT2D eigenvalue weighted by atomic mass is 10.1. The van der Waals surface area contributed by atoms with Crippen molar-refractivity contribution in [3.05, 3.63) is 82.8 Å². The molecule has 0 aromatic heterocycles. The van der Waals surface area contributed by atoms with Gasteiger partial charge in [-0.2, -0.15) is 0 Å². The molecule has 3 aromatic carbocycles. The molecular weight excluding hydrogens is 610 g/mol. The van der Waals surface area contributed by atoms with Crippen molar-refractivity contribution in [3.8, 4) is 11.5 Å². The first kappa shape index (κ1) is 32.0. The zero-order valence-corrected chi connectivity index (χ0v) is 26.2. The number of carbonyl (C=O) groups excluding carboxylic acids is 2. The van der Waals surface area contributed by atoms with E-state index in [9.17, 15) is 18.0 Å². The molecule has 3 rings (SSSR count). The Balaban J connectivity index is 2.06. The molecular formula is C30H36BrN3O6S. The number of hydrogen-bond acceptors (Lipinski definition) is 6. The fourth-order valence-corrected chi connectivity index (χ4v) is 5.97. The highest BCUT2D eigenvalue weighted by Gasteiger charge is 2.33. The number of amides is 2. The number of hydrogen-bond donors (Lipinski definition) is 1. The van der Waals surface area contributed by atoms with Crippen LogP contribution >= 0.6 is 15.9 Å². The van der Waals surface area contributed by atoms with Crippen molar-refractivity contribution in [3.63, 3.8) is 0 Å². The third-order valence-electron chi connectivity index (χ3n) is 6.36. The Bertz CT molecular complexity index is 1450. The van der Waals surface area contributed by atoms with Gasteiger partial charge in [-0.05, 0) is 54.8 Å². The fourth-order valence-electron chi connectivity index (χ4n) is 4.10. The van der Waals surface area contributed by atoms with Gasteiger partial charge in [0.1, 0.15) is 12.6 Å². The molecule has 0 saturated heterocycles. The summed E-state index contributed by atoms with van der Waals surface area (Å²) in [4.78, 5) is 28.5. The molecule has 0 saturated carbocycles. The van der Waals surface area contributed by atoms with Gasteiger partial charge in [-0.3, -0.25) is 13.9 Å². The summed E-state index contributed by atoms with van der Waals surface area (Å²) in [5.41, 5.74) is 0.985. The maximum absolute atomic E-state index is 14.0. The number of carbonyl (C=O) groups is 2. The van der Waals surface area contributed by atoms with Crippen LogP contribution in [0.2, 0.25) is 0 Å². The van der Waals surface area contributed by atoms with E-state index < -0.39 is 28.5 Å². The van der Waals surface area contributed by atoms with Crippen molar-refractivity contribution in [1.29, 1.82) is 0 Å². The first-order chi connectivity index (χ1) is 19.5. The molecule has 0 heterocycles. The van der Waals surface area contributed by atoms with Crippen LogP contribution in [0, 0.1) is 5.92 Å². The molecule has 0 aliphatic carbocycles. The minimum absolute atomic E-state index is 0.0175. The Labute approximate surface area is 250 Å². The monoisotopic (exact) mass is 645 g/mol. The summed E-state index contributed by atoms with van der Waals surface area (Å²) in [7, 11) is -1.27. The van der Waals surface area contributed by atoms with Crippen LogP contribution in [0.15, 0.2) is 82.2 Å². The van der Waals surface area contributed by atoms with Crippen molar-refractivity contribution in [2.75, 3.05) is 31.6 Å². The van der Waals surface area contributed by atoms with E-state index in [4.69, 9.17) is 9.47 Å². The summed E-state index contributed by atoms with van der Waals surface area (Å²) in [6, 6.07) is 19.0. The van der Waals surface area contributed by atoms with E-state index >= 15 is 0 Å².